The van der Waals surface area contributed by atoms with Crippen molar-refractivity contribution < 1.29 is 18.7 Å². The Hall–Kier alpha value is -2.97. The topological polar surface area (TPSA) is 77.7 Å². The van der Waals surface area contributed by atoms with Crippen LogP contribution < -0.4 is 10.2 Å². The number of aryl methyl sites for hydroxylation is 1. The van der Waals surface area contributed by atoms with E-state index in [-0.39, 0.29) is 18.5 Å². The maximum absolute atomic E-state index is 14.1. The van der Waals surface area contributed by atoms with Gasteiger partial charge in [0, 0.05) is 36.6 Å². The van der Waals surface area contributed by atoms with Crippen molar-refractivity contribution in [1.82, 2.24) is 15.2 Å². The molecule has 1 aromatic heterocycles. The number of amides is 2. The van der Waals surface area contributed by atoms with Crippen LogP contribution in [0.15, 0.2) is 18.2 Å². The van der Waals surface area contributed by atoms with Gasteiger partial charge in [0.15, 0.2) is 0 Å². The maximum atomic E-state index is 14.1. The first-order chi connectivity index (χ1) is 17.3. The van der Waals surface area contributed by atoms with Gasteiger partial charge < -0.3 is 19.9 Å². The van der Waals surface area contributed by atoms with E-state index in [1.807, 2.05) is 13.8 Å². The average molecular weight is 499 g/mol. The minimum Gasteiger partial charge on any atom is -0.361 e. The Morgan fingerprint density at radius 1 is 1.19 bits per heavy atom. The number of aromatic nitrogens is 1. The van der Waals surface area contributed by atoms with Crippen LogP contribution in [0.3, 0.4) is 0 Å². The van der Waals surface area contributed by atoms with E-state index >= 15 is 0 Å². The number of unbranched alkanes of at least 4 members (excludes halogenated alkanes) is 2. The second kappa shape index (κ2) is 12.8. The number of aromatic amines is 1. The molecule has 8 heteroatoms. The fourth-order valence-electron chi connectivity index (χ4n) is 4.57. The predicted molar refractivity (Wildman–Crippen MR) is 142 cm³/mol. The first-order valence-electron chi connectivity index (χ1n) is 12.9. The molecule has 1 aliphatic rings. The van der Waals surface area contributed by atoms with Crippen molar-refractivity contribution in [3.63, 3.8) is 0 Å². The van der Waals surface area contributed by atoms with Gasteiger partial charge in [-0.1, -0.05) is 33.6 Å². The van der Waals surface area contributed by atoms with Gasteiger partial charge in [0.05, 0.1) is 16.8 Å². The van der Waals surface area contributed by atoms with Gasteiger partial charge in [-0.15, -0.1) is 0 Å². The van der Waals surface area contributed by atoms with Gasteiger partial charge in [0.2, 0.25) is 0 Å². The summed E-state index contributed by atoms with van der Waals surface area (Å²) in [5.74, 6) is -0.807. The Balaban J connectivity index is 1.83. The number of ether oxygens (including phenoxy) is 1. The number of fused-ring (bicyclic) bond motifs is 1. The van der Waals surface area contributed by atoms with E-state index in [1.165, 1.54) is 12.1 Å². The Labute approximate surface area is 213 Å². The zero-order chi connectivity index (χ0) is 26.2. The molecular weight excluding hydrogens is 459 g/mol. The summed E-state index contributed by atoms with van der Waals surface area (Å²) in [6.45, 7) is 13.9. The summed E-state index contributed by atoms with van der Waals surface area (Å²) in [5, 5.41) is 3.00. The van der Waals surface area contributed by atoms with Crippen molar-refractivity contribution in [3.05, 3.63) is 52.1 Å². The molecule has 0 saturated heterocycles. The number of H-pyrrole nitrogens is 1. The summed E-state index contributed by atoms with van der Waals surface area (Å²) in [4.78, 5) is 33.3. The largest absolute Gasteiger partial charge is 0.361 e. The van der Waals surface area contributed by atoms with Crippen LogP contribution >= 0.6 is 0 Å². The highest BCUT2D eigenvalue weighted by Crippen LogP contribution is 2.38. The number of hydrogen-bond donors (Lipinski definition) is 2. The molecule has 2 aromatic rings. The molecule has 1 aliphatic heterocycles. The molecule has 0 fully saturated rings. The van der Waals surface area contributed by atoms with Crippen LogP contribution in [0.2, 0.25) is 0 Å². The molecule has 0 saturated carbocycles. The van der Waals surface area contributed by atoms with Crippen molar-refractivity contribution in [3.8, 4) is 0 Å². The van der Waals surface area contributed by atoms with Gasteiger partial charge in [-0.2, -0.15) is 0 Å². The number of halogens is 1. The molecule has 0 spiro atoms. The highest BCUT2D eigenvalue weighted by atomic mass is 19.1. The number of nitrogens with zero attached hydrogens (tertiary/aromatic N) is 2. The fourth-order valence-corrected chi connectivity index (χ4v) is 4.57. The minimum atomic E-state index is -0.411. The van der Waals surface area contributed by atoms with Crippen molar-refractivity contribution in [2.24, 2.45) is 0 Å². The van der Waals surface area contributed by atoms with Crippen molar-refractivity contribution in [2.45, 2.75) is 53.9 Å². The number of hydrogen-bond acceptors (Lipinski definition) is 4. The lowest BCUT2D eigenvalue weighted by molar-refractivity contribution is -0.114. The molecule has 7 nitrogen and oxygen atoms in total. The van der Waals surface area contributed by atoms with E-state index < -0.39 is 5.82 Å². The van der Waals surface area contributed by atoms with Crippen molar-refractivity contribution in [1.29, 1.82) is 0 Å². The molecule has 1 aromatic carbocycles. The van der Waals surface area contributed by atoms with Crippen molar-refractivity contribution >= 4 is 29.2 Å². The molecule has 0 atom stereocenters. The zero-order valence-electron chi connectivity index (χ0n) is 22.2. The summed E-state index contributed by atoms with van der Waals surface area (Å²) in [7, 11) is 0. The summed E-state index contributed by atoms with van der Waals surface area (Å²) in [5.41, 5.74) is 4.22. The molecule has 0 aliphatic carbocycles. The Kier molecular flexibility index (Phi) is 9.84. The fraction of sp³-hybridized carbons (Fsp3) is 0.500. The van der Waals surface area contributed by atoms with E-state index in [0.717, 1.165) is 50.2 Å². The van der Waals surface area contributed by atoms with Crippen molar-refractivity contribution in [2.75, 3.05) is 44.4 Å². The SMILES string of the molecule is CCCCCOCN1C(=O)/C(=C\c2[nH]c(C)c(C(=O)NCCN(CC)CC)c2C)c2cc(F)ccc21. The van der Waals surface area contributed by atoms with Gasteiger partial charge in [0.25, 0.3) is 11.8 Å². The van der Waals surface area contributed by atoms with Crippen LogP contribution in [-0.2, 0) is 9.53 Å². The lowest BCUT2D eigenvalue weighted by Gasteiger charge is -2.18. The van der Waals surface area contributed by atoms with Gasteiger partial charge >= 0.3 is 0 Å². The molecule has 0 unspecified atom stereocenters. The molecule has 3 rings (SSSR count). The van der Waals surface area contributed by atoms with Crippen LogP contribution in [-0.4, -0.2) is 61.2 Å². The van der Waals surface area contributed by atoms with Crippen LogP contribution in [0.4, 0.5) is 10.1 Å². The second-order valence-corrected chi connectivity index (χ2v) is 9.14. The van der Waals surface area contributed by atoms with Crippen LogP contribution in [0.25, 0.3) is 11.6 Å². The molecule has 2 amide bonds. The lowest BCUT2D eigenvalue weighted by Crippen LogP contribution is -2.35. The third-order valence-electron chi connectivity index (χ3n) is 6.73. The smallest absolute Gasteiger partial charge is 0.260 e. The van der Waals surface area contributed by atoms with Gasteiger partial charge in [0.1, 0.15) is 12.5 Å². The van der Waals surface area contributed by atoms with E-state index in [0.29, 0.717) is 41.2 Å². The number of carbonyl (C=O) groups excluding carboxylic acids is 2. The average Bonchev–Trinajstić information content (AvgIpc) is 3.28. The van der Waals surface area contributed by atoms with E-state index in [4.69, 9.17) is 4.74 Å². The zero-order valence-corrected chi connectivity index (χ0v) is 22.2. The van der Waals surface area contributed by atoms with Gasteiger partial charge in [-0.25, -0.2) is 4.39 Å². The number of rotatable bonds is 13. The number of likely N-dealkylation sites (N-methyl/N-ethyl adjacent to an activating group) is 1. The van der Waals surface area contributed by atoms with Crippen LogP contribution in [0, 0.1) is 19.7 Å². The molecule has 36 heavy (non-hydrogen) atoms. The lowest BCUT2D eigenvalue weighted by atomic mass is 10.0. The maximum Gasteiger partial charge on any atom is 0.260 e. The van der Waals surface area contributed by atoms with Crippen LogP contribution in [0.5, 0.6) is 0 Å². The summed E-state index contributed by atoms with van der Waals surface area (Å²) in [6, 6.07) is 4.34. The summed E-state index contributed by atoms with van der Waals surface area (Å²) in [6.07, 6.45) is 4.80. The quantitative estimate of drug-likeness (QED) is 0.304. The summed E-state index contributed by atoms with van der Waals surface area (Å²) >= 11 is 0. The molecular formula is C28H39FN4O3. The molecule has 0 bridgehead atoms. The molecule has 196 valence electrons. The Bertz CT molecular complexity index is 1100. The number of nitrogens with one attached hydrogen (secondary N) is 2. The van der Waals surface area contributed by atoms with E-state index in [9.17, 15) is 14.0 Å². The van der Waals surface area contributed by atoms with E-state index in [2.05, 4.69) is 36.0 Å². The predicted octanol–water partition coefficient (Wildman–Crippen LogP) is 4.89. The molecule has 2 heterocycles. The first-order valence-corrected chi connectivity index (χ1v) is 12.9. The molecule has 0 radical (unpaired) electrons. The van der Waals surface area contributed by atoms with E-state index in [1.54, 1.807) is 17.0 Å². The highest BCUT2D eigenvalue weighted by Gasteiger charge is 2.33. The van der Waals surface area contributed by atoms with Gasteiger partial charge in [-0.05, 0) is 63.2 Å². The normalized spacial score (nSPS) is 14.2. The minimum absolute atomic E-state index is 0.113. The highest BCUT2D eigenvalue weighted by molar-refractivity contribution is 6.35. The van der Waals surface area contributed by atoms with Gasteiger partial charge in [-0.3, -0.25) is 14.5 Å². The number of carbonyl (C=O) groups is 2. The number of anilines is 1. The standard InChI is InChI=1S/C28H39FN4O3/c1-6-9-10-15-36-18-33-25-12-11-21(29)16-22(25)23(28(33)35)17-24-19(4)26(20(5)31-24)27(34)30-13-14-32(7-2)8-3/h11-12,16-17,31H,6-10,13-15,18H2,1-5H3,(H,30,34)/b23-17-. The Morgan fingerprint density at radius 2 is 1.94 bits per heavy atom. The monoisotopic (exact) mass is 498 g/mol. The third kappa shape index (κ3) is 6.23. The Morgan fingerprint density at radius 3 is 2.64 bits per heavy atom. The third-order valence-corrected chi connectivity index (χ3v) is 6.73. The second-order valence-electron chi connectivity index (χ2n) is 9.14. The molecule has 2 N–H and O–H groups in total. The van der Waals surface area contributed by atoms with Crippen LogP contribution in [0.1, 0.15) is 72.9 Å². The summed E-state index contributed by atoms with van der Waals surface area (Å²) < 4.78 is 19.9. The first kappa shape index (κ1) is 27.6. The number of benzene rings is 1.